The normalized spacial score (nSPS) is 12.4. The molecule has 1 atom stereocenters. The van der Waals surface area contributed by atoms with E-state index in [2.05, 4.69) is 57.2 Å². The van der Waals surface area contributed by atoms with Gasteiger partial charge in [0.15, 0.2) is 6.10 Å². The fraction of sp³-hybridized carbons (Fsp3) is 0.860. The summed E-state index contributed by atoms with van der Waals surface area (Å²) < 4.78 is 17.4. The Labute approximate surface area is 387 Å². The van der Waals surface area contributed by atoms with Crippen LogP contribution in [0.25, 0.3) is 0 Å². The maximum atomic E-state index is 12.8. The molecule has 0 aromatic carbocycles. The molecule has 62 heavy (non-hydrogen) atoms. The van der Waals surface area contributed by atoms with E-state index in [1.54, 1.807) is 0 Å². The van der Waals surface area contributed by atoms with Gasteiger partial charge in [-0.3, -0.25) is 9.59 Å². The van der Waals surface area contributed by atoms with Crippen LogP contribution in [0.4, 0.5) is 0 Å². The van der Waals surface area contributed by atoms with E-state index in [9.17, 15) is 9.59 Å². The van der Waals surface area contributed by atoms with Crippen molar-refractivity contribution >= 4 is 11.9 Å². The van der Waals surface area contributed by atoms with E-state index in [1.165, 1.54) is 199 Å². The minimum atomic E-state index is -0.535. The minimum Gasteiger partial charge on any atom is -0.462 e. The van der Waals surface area contributed by atoms with Gasteiger partial charge in [-0.05, 0) is 57.8 Å². The van der Waals surface area contributed by atoms with E-state index in [1.807, 2.05) is 0 Å². The second-order valence-electron chi connectivity index (χ2n) is 18.5. The van der Waals surface area contributed by atoms with Crippen LogP contribution < -0.4 is 0 Å². The predicted octanol–water partition coefficient (Wildman–Crippen LogP) is 18.6. The van der Waals surface area contributed by atoms with Gasteiger partial charge in [0, 0.05) is 19.4 Å². The lowest BCUT2D eigenvalue weighted by molar-refractivity contribution is -0.163. The Bertz CT molecular complexity index is 986. The molecular formula is C57H106O5. The van der Waals surface area contributed by atoms with Crippen molar-refractivity contribution in [2.24, 2.45) is 0 Å². The summed E-state index contributed by atoms with van der Waals surface area (Å²) in [5.41, 5.74) is 0. The maximum Gasteiger partial charge on any atom is 0.306 e. The van der Waals surface area contributed by atoms with Crippen molar-refractivity contribution in [3.63, 3.8) is 0 Å². The highest BCUT2D eigenvalue weighted by molar-refractivity contribution is 5.70. The lowest BCUT2D eigenvalue weighted by Crippen LogP contribution is -2.30. The highest BCUT2D eigenvalue weighted by Crippen LogP contribution is 2.16. The van der Waals surface area contributed by atoms with Crippen LogP contribution in [-0.2, 0) is 23.8 Å². The largest absolute Gasteiger partial charge is 0.462 e. The van der Waals surface area contributed by atoms with Gasteiger partial charge in [-0.2, -0.15) is 0 Å². The average Bonchev–Trinajstić information content (AvgIpc) is 3.27. The molecule has 0 bridgehead atoms. The molecule has 5 nitrogen and oxygen atoms in total. The summed E-state index contributed by atoms with van der Waals surface area (Å²) in [5.74, 6) is -0.395. The average molecular weight is 871 g/mol. The standard InChI is InChI=1S/C57H106O5/c1-4-7-10-13-16-19-22-24-26-28-29-30-31-33-36-38-41-44-47-50-56(58)61-54-55(62-57(59)51-48-45-42-39-35-21-18-15-12-9-6-3)53-60-52-49-46-43-40-37-34-32-27-25-23-20-17-14-11-8-5-2/h16,19,24,26,29-30,55H,4-15,17-18,20-23,25,27-28,31-54H2,1-3H3/b19-16-,26-24-,30-29-. The monoisotopic (exact) mass is 871 g/mol. The highest BCUT2D eigenvalue weighted by Gasteiger charge is 2.17. The SMILES string of the molecule is CCCCC/C=C\C/C=C\C/C=C\CCCCCCCCC(=O)OCC(COCCCCCCCCCCCCCCCCCC)OC(=O)CCCCCCCCCCCCC. The van der Waals surface area contributed by atoms with Crippen molar-refractivity contribution in [2.75, 3.05) is 19.8 Å². The molecule has 0 saturated heterocycles. The summed E-state index contributed by atoms with van der Waals surface area (Å²) in [6, 6.07) is 0. The minimum absolute atomic E-state index is 0.0846. The lowest BCUT2D eigenvalue weighted by Gasteiger charge is -2.18. The van der Waals surface area contributed by atoms with Gasteiger partial charge < -0.3 is 14.2 Å². The van der Waals surface area contributed by atoms with Crippen LogP contribution in [0.3, 0.4) is 0 Å². The number of carbonyl (C=O) groups excluding carboxylic acids is 2. The van der Waals surface area contributed by atoms with E-state index < -0.39 is 6.10 Å². The second kappa shape index (κ2) is 53.5. The molecule has 0 aliphatic rings. The molecule has 0 saturated carbocycles. The quantitative estimate of drug-likeness (QED) is 0.0346. The van der Waals surface area contributed by atoms with Crippen molar-refractivity contribution in [3.05, 3.63) is 36.5 Å². The third-order valence-electron chi connectivity index (χ3n) is 12.2. The predicted molar refractivity (Wildman–Crippen MR) is 270 cm³/mol. The molecule has 0 spiro atoms. The third-order valence-corrected chi connectivity index (χ3v) is 12.2. The summed E-state index contributed by atoms with van der Waals surface area (Å²) in [6.45, 7) is 7.84. The van der Waals surface area contributed by atoms with Crippen molar-refractivity contribution in [3.8, 4) is 0 Å². The summed E-state index contributed by atoms with van der Waals surface area (Å²) >= 11 is 0. The molecule has 0 fully saturated rings. The molecule has 0 N–H and O–H groups in total. The van der Waals surface area contributed by atoms with Crippen LogP contribution in [0, 0.1) is 0 Å². The van der Waals surface area contributed by atoms with Crippen molar-refractivity contribution in [1.29, 1.82) is 0 Å². The van der Waals surface area contributed by atoms with Crippen LogP contribution in [0.5, 0.6) is 0 Å². The van der Waals surface area contributed by atoms with Crippen LogP contribution in [0.1, 0.15) is 290 Å². The first-order valence-corrected chi connectivity index (χ1v) is 27.5. The summed E-state index contributed by atoms with van der Waals surface area (Å²) in [7, 11) is 0. The number of allylic oxidation sites excluding steroid dienone is 6. The zero-order valence-corrected chi connectivity index (χ0v) is 41.9. The van der Waals surface area contributed by atoms with Gasteiger partial charge >= 0.3 is 11.9 Å². The molecule has 0 radical (unpaired) electrons. The first-order valence-electron chi connectivity index (χ1n) is 27.5. The van der Waals surface area contributed by atoms with E-state index in [4.69, 9.17) is 14.2 Å². The third kappa shape index (κ3) is 50.8. The van der Waals surface area contributed by atoms with Gasteiger partial charge in [-0.25, -0.2) is 0 Å². The maximum absolute atomic E-state index is 12.8. The Morgan fingerprint density at radius 1 is 0.355 bits per heavy atom. The van der Waals surface area contributed by atoms with E-state index in [-0.39, 0.29) is 18.5 Å². The van der Waals surface area contributed by atoms with E-state index in [0.717, 1.165) is 57.8 Å². The number of ether oxygens (including phenoxy) is 3. The molecule has 0 aliphatic heterocycles. The molecule has 1 unspecified atom stereocenters. The molecular weight excluding hydrogens is 765 g/mol. The number of unbranched alkanes of at least 4 members (excludes halogenated alkanes) is 34. The Morgan fingerprint density at radius 2 is 0.677 bits per heavy atom. The number of hydrogen-bond acceptors (Lipinski definition) is 5. The van der Waals surface area contributed by atoms with Gasteiger partial charge in [-0.15, -0.1) is 0 Å². The topological polar surface area (TPSA) is 61.8 Å². The van der Waals surface area contributed by atoms with Gasteiger partial charge in [0.05, 0.1) is 6.61 Å². The van der Waals surface area contributed by atoms with E-state index >= 15 is 0 Å². The number of hydrogen-bond donors (Lipinski definition) is 0. The van der Waals surface area contributed by atoms with Gasteiger partial charge in [0.25, 0.3) is 0 Å². The zero-order chi connectivity index (χ0) is 44.9. The van der Waals surface area contributed by atoms with Crippen LogP contribution in [0.2, 0.25) is 0 Å². The fourth-order valence-corrected chi connectivity index (χ4v) is 8.05. The van der Waals surface area contributed by atoms with Crippen LogP contribution in [-0.4, -0.2) is 37.9 Å². The molecule has 5 heteroatoms. The molecule has 0 aliphatic carbocycles. The first-order chi connectivity index (χ1) is 30.6. The smallest absolute Gasteiger partial charge is 0.306 e. The number of rotatable bonds is 51. The Balaban J connectivity index is 4.20. The molecule has 0 aromatic heterocycles. The second-order valence-corrected chi connectivity index (χ2v) is 18.5. The Hall–Kier alpha value is -1.88. The molecule has 364 valence electrons. The van der Waals surface area contributed by atoms with Crippen LogP contribution >= 0.6 is 0 Å². The number of esters is 2. The number of carbonyl (C=O) groups is 2. The van der Waals surface area contributed by atoms with Crippen LogP contribution in [0.15, 0.2) is 36.5 Å². The van der Waals surface area contributed by atoms with Gasteiger partial charge in [0.2, 0.25) is 0 Å². The lowest BCUT2D eigenvalue weighted by atomic mass is 10.0. The molecule has 0 amide bonds. The van der Waals surface area contributed by atoms with Crippen molar-refractivity contribution in [1.82, 2.24) is 0 Å². The summed E-state index contributed by atoms with van der Waals surface area (Å²) in [6.07, 6.45) is 64.4. The first kappa shape index (κ1) is 60.1. The Kier molecular flexibility index (Phi) is 51.8. The summed E-state index contributed by atoms with van der Waals surface area (Å²) in [5, 5.41) is 0. The van der Waals surface area contributed by atoms with Gasteiger partial charge in [-0.1, -0.05) is 256 Å². The fourth-order valence-electron chi connectivity index (χ4n) is 8.05. The van der Waals surface area contributed by atoms with E-state index in [0.29, 0.717) is 26.1 Å². The zero-order valence-electron chi connectivity index (χ0n) is 41.9. The van der Waals surface area contributed by atoms with Gasteiger partial charge in [0.1, 0.15) is 6.61 Å². The summed E-state index contributed by atoms with van der Waals surface area (Å²) in [4.78, 5) is 25.4. The van der Waals surface area contributed by atoms with Crippen molar-refractivity contribution < 1.29 is 23.8 Å². The highest BCUT2D eigenvalue weighted by atomic mass is 16.6. The van der Waals surface area contributed by atoms with Crippen molar-refractivity contribution in [2.45, 2.75) is 297 Å². The Morgan fingerprint density at radius 3 is 1.11 bits per heavy atom. The molecule has 0 aromatic rings. The molecule has 0 heterocycles. The molecule has 0 rings (SSSR count).